The van der Waals surface area contributed by atoms with E-state index < -0.39 is 12.1 Å². The molecule has 3 rings (SSSR count). The first-order valence-electron chi connectivity index (χ1n) is 9.86. The number of esters is 1. The number of amides is 2. The zero-order chi connectivity index (χ0) is 19.4. The molecule has 2 fully saturated rings. The van der Waals surface area contributed by atoms with Crippen molar-refractivity contribution < 1.29 is 19.1 Å². The maximum Gasteiger partial charge on any atom is 0.338 e. The Hall–Kier alpha value is -2.37. The van der Waals surface area contributed by atoms with Crippen LogP contribution in [0.15, 0.2) is 24.3 Å². The summed E-state index contributed by atoms with van der Waals surface area (Å²) in [7, 11) is 0. The summed E-state index contributed by atoms with van der Waals surface area (Å²) in [5.74, 6) is -0.323. The molecule has 2 N–H and O–H groups in total. The first-order chi connectivity index (χ1) is 12.9. The van der Waals surface area contributed by atoms with Crippen molar-refractivity contribution in [3.63, 3.8) is 0 Å². The van der Waals surface area contributed by atoms with E-state index in [0.717, 1.165) is 32.1 Å². The van der Waals surface area contributed by atoms with E-state index in [0.29, 0.717) is 17.2 Å². The lowest BCUT2D eigenvalue weighted by Gasteiger charge is -2.30. The largest absolute Gasteiger partial charge is 0.449 e. The van der Waals surface area contributed by atoms with Crippen LogP contribution in [0.3, 0.4) is 0 Å². The molecule has 2 amide bonds. The summed E-state index contributed by atoms with van der Waals surface area (Å²) in [4.78, 5) is 36.6. The van der Waals surface area contributed by atoms with Gasteiger partial charge in [-0.3, -0.25) is 9.59 Å². The maximum atomic E-state index is 12.4. The zero-order valence-corrected chi connectivity index (χ0v) is 16.0. The number of rotatable bonds is 6. The molecule has 2 saturated carbocycles. The third-order valence-corrected chi connectivity index (χ3v) is 5.41. The van der Waals surface area contributed by atoms with Crippen LogP contribution in [0, 0.1) is 11.8 Å². The number of carbonyl (C=O) groups is 3. The lowest BCUT2D eigenvalue weighted by molar-refractivity contribution is -0.130. The molecule has 6 heteroatoms. The predicted molar refractivity (Wildman–Crippen MR) is 102 cm³/mol. The van der Waals surface area contributed by atoms with Crippen molar-refractivity contribution in [3.05, 3.63) is 29.8 Å². The van der Waals surface area contributed by atoms with Gasteiger partial charge in [-0.25, -0.2) is 4.79 Å². The minimum Gasteiger partial charge on any atom is -0.449 e. The Balaban J connectivity index is 1.54. The maximum absolute atomic E-state index is 12.4. The van der Waals surface area contributed by atoms with E-state index >= 15 is 0 Å². The monoisotopic (exact) mass is 372 g/mol. The van der Waals surface area contributed by atoms with E-state index in [1.165, 1.54) is 6.42 Å². The topological polar surface area (TPSA) is 84.5 Å². The van der Waals surface area contributed by atoms with Crippen LogP contribution in [0.5, 0.6) is 0 Å². The van der Waals surface area contributed by atoms with Crippen molar-refractivity contribution in [3.8, 4) is 0 Å². The average molecular weight is 372 g/mol. The number of anilines is 1. The number of benzene rings is 1. The standard InChI is InChI=1S/C21H28N2O4/c1-13-6-3-4-9-18(13)23-19(24)14(2)27-21(26)16-7-5-8-17(12-16)22-20(25)15-10-11-15/h5,7-8,12-15,18H,3-4,6,9-11H2,1-2H3,(H,22,25)(H,23,24). The number of ether oxygens (including phenoxy) is 1. The highest BCUT2D eigenvalue weighted by atomic mass is 16.5. The van der Waals surface area contributed by atoms with Crippen molar-refractivity contribution in [1.82, 2.24) is 5.32 Å². The van der Waals surface area contributed by atoms with E-state index in [1.54, 1.807) is 31.2 Å². The molecule has 1 aromatic rings. The fourth-order valence-corrected chi connectivity index (χ4v) is 3.43. The van der Waals surface area contributed by atoms with Crippen molar-refractivity contribution in [2.45, 2.75) is 64.5 Å². The summed E-state index contributed by atoms with van der Waals surface area (Å²) in [6.07, 6.45) is 5.36. The Morgan fingerprint density at radius 2 is 1.85 bits per heavy atom. The quantitative estimate of drug-likeness (QED) is 0.751. The Morgan fingerprint density at radius 1 is 1.11 bits per heavy atom. The number of carbonyl (C=O) groups excluding carboxylic acids is 3. The second-order valence-corrected chi connectivity index (χ2v) is 7.77. The van der Waals surface area contributed by atoms with Crippen LogP contribution >= 0.6 is 0 Å². The third kappa shape index (κ3) is 5.31. The molecule has 2 aliphatic carbocycles. The molecule has 0 heterocycles. The molecule has 6 nitrogen and oxygen atoms in total. The van der Waals surface area contributed by atoms with Crippen LogP contribution in [-0.4, -0.2) is 29.9 Å². The van der Waals surface area contributed by atoms with Crippen LogP contribution in [0.1, 0.15) is 62.7 Å². The summed E-state index contributed by atoms with van der Waals surface area (Å²) >= 11 is 0. The van der Waals surface area contributed by atoms with Crippen LogP contribution in [0.25, 0.3) is 0 Å². The van der Waals surface area contributed by atoms with E-state index in [2.05, 4.69) is 17.6 Å². The van der Waals surface area contributed by atoms with Gasteiger partial charge in [0.05, 0.1) is 5.56 Å². The first kappa shape index (κ1) is 19.4. The van der Waals surface area contributed by atoms with Gasteiger partial charge in [-0.05, 0) is 56.7 Å². The molecule has 0 aliphatic heterocycles. The molecule has 3 unspecified atom stereocenters. The van der Waals surface area contributed by atoms with Gasteiger partial charge in [-0.15, -0.1) is 0 Å². The van der Waals surface area contributed by atoms with E-state index in [4.69, 9.17) is 4.74 Å². The van der Waals surface area contributed by atoms with E-state index in [1.807, 2.05) is 0 Å². The van der Waals surface area contributed by atoms with Gasteiger partial charge < -0.3 is 15.4 Å². The molecule has 1 aromatic carbocycles. The molecule has 0 spiro atoms. The lowest BCUT2D eigenvalue weighted by Crippen LogP contribution is -2.45. The third-order valence-electron chi connectivity index (χ3n) is 5.41. The highest BCUT2D eigenvalue weighted by Gasteiger charge is 2.30. The molecule has 0 saturated heterocycles. The van der Waals surface area contributed by atoms with Crippen LogP contribution < -0.4 is 10.6 Å². The minimum absolute atomic E-state index is 0.0186. The highest BCUT2D eigenvalue weighted by Crippen LogP contribution is 2.30. The number of hydrogen-bond acceptors (Lipinski definition) is 4. The van der Waals surface area contributed by atoms with Crippen molar-refractivity contribution >= 4 is 23.5 Å². The Morgan fingerprint density at radius 3 is 2.56 bits per heavy atom. The second-order valence-electron chi connectivity index (χ2n) is 7.77. The molecular formula is C21H28N2O4. The minimum atomic E-state index is -0.865. The lowest BCUT2D eigenvalue weighted by atomic mass is 9.86. The molecule has 0 radical (unpaired) electrons. The summed E-state index contributed by atoms with van der Waals surface area (Å²) in [5.41, 5.74) is 0.878. The number of nitrogens with one attached hydrogen (secondary N) is 2. The molecule has 146 valence electrons. The van der Waals surface area contributed by atoms with Crippen molar-refractivity contribution in [2.24, 2.45) is 11.8 Å². The normalized spacial score (nSPS) is 23.2. The SMILES string of the molecule is CC(OC(=O)c1cccc(NC(=O)C2CC2)c1)C(=O)NC1CCCCC1C. The van der Waals surface area contributed by atoms with Gasteiger partial charge in [0.25, 0.3) is 5.91 Å². The van der Waals surface area contributed by atoms with Gasteiger partial charge in [-0.2, -0.15) is 0 Å². The summed E-state index contributed by atoms with van der Waals surface area (Å²) in [5, 5.41) is 5.82. The molecular weight excluding hydrogens is 344 g/mol. The Labute approximate surface area is 160 Å². The fourth-order valence-electron chi connectivity index (χ4n) is 3.43. The van der Waals surface area contributed by atoms with E-state index in [-0.39, 0.29) is 23.8 Å². The van der Waals surface area contributed by atoms with Gasteiger partial charge >= 0.3 is 5.97 Å². The molecule has 0 bridgehead atoms. The highest BCUT2D eigenvalue weighted by molar-refractivity contribution is 5.97. The van der Waals surface area contributed by atoms with Crippen molar-refractivity contribution in [1.29, 1.82) is 0 Å². The fraction of sp³-hybridized carbons (Fsp3) is 0.571. The van der Waals surface area contributed by atoms with Crippen molar-refractivity contribution in [2.75, 3.05) is 5.32 Å². The molecule has 27 heavy (non-hydrogen) atoms. The van der Waals surface area contributed by atoms with Gasteiger partial charge in [0, 0.05) is 17.6 Å². The second kappa shape index (κ2) is 8.55. The van der Waals surface area contributed by atoms with Gasteiger partial charge in [0.2, 0.25) is 5.91 Å². The molecule has 3 atom stereocenters. The summed E-state index contributed by atoms with van der Waals surface area (Å²) in [6, 6.07) is 6.76. The van der Waals surface area contributed by atoms with Crippen LogP contribution in [0.2, 0.25) is 0 Å². The zero-order valence-electron chi connectivity index (χ0n) is 16.0. The molecule has 2 aliphatic rings. The van der Waals surface area contributed by atoms with Crippen LogP contribution in [-0.2, 0) is 14.3 Å². The number of hydrogen-bond donors (Lipinski definition) is 2. The Kier molecular flexibility index (Phi) is 6.14. The average Bonchev–Trinajstić information content (AvgIpc) is 3.49. The first-order valence-corrected chi connectivity index (χ1v) is 9.86. The predicted octanol–water partition coefficient (Wildman–Crippen LogP) is 3.28. The smallest absolute Gasteiger partial charge is 0.338 e. The Bertz CT molecular complexity index is 714. The van der Waals surface area contributed by atoms with Crippen LogP contribution in [0.4, 0.5) is 5.69 Å². The summed E-state index contributed by atoms with van der Waals surface area (Å²) < 4.78 is 5.33. The van der Waals surface area contributed by atoms with Gasteiger partial charge in [0.15, 0.2) is 6.10 Å². The van der Waals surface area contributed by atoms with Gasteiger partial charge in [-0.1, -0.05) is 25.8 Å². The summed E-state index contributed by atoms with van der Waals surface area (Å²) in [6.45, 7) is 3.72. The van der Waals surface area contributed by atoms with E-state index in [9.17, 15) is 14.4 Å². The molecule has 0 aromatic heterocycles. The van der Waals surface area contributed by atoms with Gasteiger partial charge in [0.1, 0.15) is 0 Å².